The summed E-state index contributed by atoms with van der Waals surface area (Å²) in [7, 11) is 0. The monoisotopic (exact) mass is 512 g/mol. The van der Waals surface area contributed by atoms with Crippen LogP contribution in [0.3, 0.4) is 0 Å². The summed E-state index contributed by atoms with van der Waals surface area (Å²) in [6.07, 6.45) is 3.06. The van der Waals surface area contributed by atoms with Crippen molar-refractivity contribution in [1.82, 2.24) is 9.78 Å². The number of amides is 2. The van der Waals surface area contributed by atoms with Crippen molar-refractivity contribution in [3.05, 3.63) is 101 Å². The van der Waals surface area contributed by atoms with Gasteiger partial charge in [-0.3, -0.25) is 9.59 Å². The van der Waals surface area contributed by atoms with E-state index < -0.39 is 17.6 Å². The summed E-state index contributed by atoms with van der Waals surface area (Å²) in [5, 5.41) is 7.56. The van der Waals surface area contributed by atoms with Gasteiger partial charge < -0.3 is 22.5 Å². The minimum Gasteiger partial charge on any atom is -0.385 e. The first-order chi connectivity index (χ1) is 18.3. The number of aromatic nitrogens is 2. The van der Waals surface area contributed by atoms with Gasteiger partial charge in [-0.05, 0) is 77.8 Å². The fourth-order valence-corrected chi connectivity index (χ4v) is 4.42. The minimum atomic E-state index is -0.865. The van der Waals surface area contributed by atoms with Crippen molar-refractivity contribution in [1.29, 1.82) is 0 Å². The zero-order valence-electron chi connectivity index (χ0n) is 20.8. The Labute approximate surface area is 219 Å². The highest BCUT2D eigenvalue weighted by Crippen LogP contribution is 2.32. The molecule has 7 N–H and O–H groups in total. The van der Waals surface area contributed by atoms with E-state index in [0.29, 0.717) is 24.1 Å². The summed E-state index contributed by atoms with van der Waals surface area (Å²) in [4.78, 5) is 23.9. The summed E-state index contributed by atoms with van der Waals surface area (Å²) in [5.74, 6) is -1.57. The Bertz CT molecular complexity index is 1510. The van der Waals surface area contributed by atoms with Gasteiger partial charge in [-0.1, -0.05) is 30.3 Å². The Morgan fingerprint density at radius 3 is 2.37 bits per heavy atom. The molecule has 0 aliphatic heterocycles. The van der Waals surface area contributed by atoms with Gasteiger partial charge in [-0.2, -0.15) is 5.10 Å². The maximum absolute atomic E-state index is 16.1. The van der Waals surface area contributed by atoms with E-state index in [2.05, 4.69) is 10.4 Å². The second-order valence-electron chi connectivity index (χ2n) is 9.63. The van der Waals surface area contributed by atoms with E-state index in [4.69, 9.17) is 17.2 Å². The molecule has 1 aliphatic rings. The smallest absolute Gasteiger partial charge is 0.269 e. The molecule has 38 heavy (non-hydrogen) atoms. The van der Waals surface area contributed by atoms with Crippen molar-refractivity contribution in [3.63, 3.8) is 0 Å². The zero-order chi connectivity index (χ0) is 26.8. The van der Waals surface area contributed by atoms with E-state index in [0.717, 1.165) is 39.5 Å². The summed E-state index contributed by atoms with van der Waals surface area (Å²) in [5.41, 5.74) is 21.0. The fraction of sp³-hybridized carbons (Fsp3) is 0.207. The van der Waals surface area contributed by atoms with Gasteiger partial charge in [0.15, 0.2) is 11.5 Å². The molecule has 0 spiro atoms. The number of benzene rings is 3. The maximum Gasteiger partial charge on any atom is 0.269 e. The molecule has 3 aromatic carbocycles. The lowest BCUT2D eigenvalue weighted by Gasteiger charge is -2.15. The first-order valence-corrected chi connectivity index (χ1v) is 12.5. The van der Waals surface area contributed by atoms with Crippen molar-refractivity contribution >= 4 is 17.5 Å². The van der Waals surface area contributed by atoms with Gasteiger partial charge >= 0.3 is 0 Å². The maximum atomic E-state index is 16.1. The highest BCUT2D eigenvalue weighted by Gasteiger charge is 2.23. The van der Waals surface area contributed by atoms with Gasteiger partial charge in [-0.25, -0.2) is 9.07 Å². The molecule has 9 heteroatoms. The number of nitrogens with one attached hydrogen (secondary N) is 1. The molecule has 0 radical (unpaired) electrons. The fourth-order valence-electron chi connectivity index (χ4n) is 4.42. The van der Waals surface area contributed by atoms with Crippen LogP contribution in [0.2, 0.25) is 0 Å². The van der Waals surface area contributed by atoms with Crippen LogP contribution in [0.1, 0.15) is 50.5 Å². The van der Waals surface area contributed by atoms with Crippen LogP contribution in [0, 0.1) is 11.7 Å². The van der Waals surface area contributed by atoms with Crippen LogP contribution in [0.4, 0.5) is 10.1 Å². The minimum absolute atomic E-state index is 0.0142. The van der Waals surface area contributed by atoms with Crippen LogP contribution in [-0.4, -0.2) is 28.1 Å². The van der Waals surface area contributed by atoms with Crippen LogP contribution in [0.25, 0.3) is 16.8 Å². The first kappa shape index (κ1) is 25.2. The number of nitrogens with zero attached hydrogens (tertiary/aromatic N) is 2. The molecule has 2 amide bonds. The molecule has 0 bridgehead atoms. The van der Waals surface area contributed by atoms with Crippen LogP contribution in [-0.2, 0) is 13.0 Å². The van der Waals surface area contributed by atoms with E-state index in [1.54, 1.807) is 18.2 Å². The van der Waals surface area contributed by atoms with Crippen molar-refractivity contribution in [3.8, 4) is 16.8 Å². The molecule has 0 saturated heterocycles. The second-order valence-corrected chi connectivity index (χ2v) is 9.63. The van der Waals surface area contributed by atoms with E-state index >= 15 is 4.39 Å². The third-order valence-electron chi connectivity index (χ3n) is 6.68. The highest BCUT2D eigenvalue weighted by atomic mass is 19.1. The highest BCUT2D eigenvalue weighted by molar-refractivity contribution is 5.97. The van der Waals surface area contributed by atoms with E-state index in [1.165, 1.54) is 18.9 Å². The van der Waals surface area contributed by atoms with E-state index in [1.807, 2.05) is 42.5 Å². The SMILES string of the molecule is NCc1cccc(-c2cc(Cc3ccc(NCC4CC4)cc3)cc(-n3nc(C(N)=O)cc3C(N)=O)c2F)c1. The lowest BCUT2D eigenvalue weighted by Crippen LogP contribution is -2.18. The summed E-state index contributed by atoms with van der Waals surface area (Å²) < 4.78 is 17.1. The number of hydrogen-bond acceptors (Lipinski definition) is 5. The van der Waals surface area contributed by atoms with Gasteiger partial charge in [0, 0.05) is 30.4 Å². The molecule has 1 aliphatic carbocycles. The van der Waals surface area contributed by atoms with Gasteiger partial charge in [0.2, 0.25) is 0 Å². The Kier molecular flexibility index (Phi) is 6.93. The number of nitrogens with two attached hydrogens (primary N) is 3. The summed E-state index contributed by atoms with van der Waals surface area (Å²) >= 11 is 0. The van der Waals surface area contributed by atoms with Gasteiger partial charge in [0.05, 0.1) is 0 Å². The molecule has 1 fully saturated rings. The molecule has 1 aromatic heterocycles. The Balaban J connectivity index is 1.58. The van der Waals surface area contributed by atoms with Crippen LogP contribution < -0.4 is 22.5 Å². The molecule has 1 saturated carbocycles. The zero-order valence-corrected chi connectivity index (χ0v) is 20.8. The average molecular weight is 513 g/mol. The lowest BCUT2D eigenvalue weighted by atomic mass is 9.96. The molecule has 0 unspecified atom stereocenters. The third kappa shape index (κ3) is 5.42. The predicted octanol–water partition coefficient (Wildman–Crippen LogP) is 3.75. The number of primary amides is 2. The molecule has 0 atom stereocenters. The third-order valence-corrected chi connectivity index (χ3v) is 6.68. The predicted molar refractivity (Wildman–Crippen MR) is 144 cm³/mol. The summed E-state index contributed by atoms with van der Waals surface area (Å²) in [6.45, 7) is 1.28. The Morgan fingerprint density at radius 2 is 1.71 bits per heavy atom. The second kappa shape index (κ2) is 10.5. The molecule has 4 aromatic rings. The molecule has 8 nitrogen and oxygen atoms in total. The van der Waals surface area contributed by atoms with Crippen molar-refractivity contribution in [2.75, 3.05) is 11.9 Å². The lowest BCUT2D eigenvalue weighted by molar-refractivity contribution is 0.0986. The largest absolute Gasteiger partial charge is 0.385 e. The number of halogens is 1. The molecule has 1 heterocycles. The van der Waals surface area contributed by atoms with Crippen LogP contribution >= 0.6 is 0 Å². The van der Waals surface area contributed by atoms with Crippen molar-refractivity contribution in [2.45, 2.75) is 25.8 Å². The molecule has 194 valence electrons. The Hall–Kier alpha value is -4.50. The van der Waals surface area contributed by atoms with Crippen LogP contribution in [0.15, 0.2) is 66.7 Å². The van der Waals surface area contributed by atoms with Gasteiger partial charge in [-0.15, -0.1) is 0 Å². The standard InChI is InChI=1S/C29H29FN6O2/c30-27-23(21-3-1-2-19(11-21)15-31)12-20(10-17-6-8-22(9-7-17)34-16-18-4-5-18)13-25(27)36-26(29(33)38)14-24(35-36)28(32)37/h1-3,6-9,11-14,18,34H,4-5,10,15-16,31H2,(H2,32,37)(H2,33,38). The normalized spacial score (nSPS) is 12.9. The van der Waals surface area contributed by atoms with Crippen molar-refractivity contribution < 1.29 is 14.0 Å². The quantitative estimate of drug-likeness (QED) is 0.256. The Morgan fingerprint density at radius 1 is 0.947 bits per heavy atom. The number of carbonyl (C=O) groups is 2. The molecule has 5 rings (SSSR count). The number of rotatable bonds is 10. The molecular formula is C29H29FN6O2. The topological polar surface area (TPSA) is 142 Å². The van der Waals surface area contributed by atoms with E-state index in [-0.39, 0.29) is 17.1 Å². The molecular weight excluding hydrogens is 483 g/mol. The summed E-state index contributed by atoms with van der Waals surface area (Å²) in [6, 6.07) is 20.0. The number of anilines is 1. The van der Waals surface area contributed by atoms with E-state index in [9.17, 15) is 9.59 Å². The van der Waals surface area contributed by atoms with Gasteiger partial charge in [0.1, 0.15) is 11.4 Å². The first-order valence-electron chi connectivity index (χ1n) is 12.5. The number of hydrogen-bond donors (Lipinski definition) is 4. The average Bonchev–Trinajstić information content (AvgIpc) is 3.64. The van der Waals surface area contributed by atoms with Crippen LogP contribution in [0.5, 0.6) is 0 Å². The van der Waals surface area contributed by atoms with Gasteiger partial charge in [0.25, 0.3) is 11.8 Å². The van der Waals surface area contributed by atoms with Crippen molar-refractivity contribution in [2.24, 2.45) is 23.1 Å². The number of carbonyl (C=O) groups excluding carboxylic acids is 2.